The van der Waals surface area contributed by atoms with Gasteiger partial charge in [0.1, 0.15) is 5.75 Å². The van der Waals surface area contributed by atoms with Gasteiger partial charge in [0.2, 0.25) is 0 Å². The molecule has 0 aliphatic carbocycles. The van der Waals surface area contributed by atoms with E-state index in [9.17, 15) is 9.59 Å². The summed E-state index contributed by atoms with van der Waals surface area (Å²) in [5.74, 6) is 0.156. The number of hydrogen-bond acceptors (Lipinski definition) is 5. The SMILES string of the molecule is CCOc1cccc(C(=O)Nc2ccc(C(=O)Nc3nccs3)cc2)c1. The highest BCUT2D eigenvalue weighted by atomic mass is 32.1. The Bertz CT molecular complexity index is 893. The Labute approximate surface area is 154 Å². The Morgan fingerprint density at radius 1 is 1.04 bits per heavy atom. The third-order valence-corrected chi connectivity index (χ3v) is 4.15. The molecule has 0 aliphatic heterocycles. The minimum Gasteiger partial charge on any atom is -0.494 e. The lowest BCUT2D eigenvalue weighted by Crippen LogP contribution is -2.13. The second kappa shape index (κ2) is 8.26. The van der Waals surface area contributed by atoms with Crippen LogP contribution in [0.5, 0.6) is 5.75 Å². The van der Waals surface area contributed by atoms with Gasteiger partial charge in [0.05, 0.1) is 6.61 Å². The molecule has 2 amide bonds. The third kappa shape index (κ3) is 4.46. The second-order valence-corrected chi connectivity index (χ2v) is 6.18. The molecule has 132 valence electrons. The fourth-order valence-electron chi connectivity index (χ4n) is 2.26. The second-order valence-electron chi connectivity index (χ2n) is 5.28. The van der Waals surface area contributed by atoms with Gasteiger partial charge in [0.15, 0.2) is 5.13 Å². The highest BCUT2D eigenvalue weighted by Crippen LogP contribution is 2.17. The molecule has 0 fully saturated rings. The zero-order chi connectivity index (χ0) is 18.4. The van der Waals surface area contributed by atoms with Crippen molar-refractivity contribution in [2.45, 2.75) is 6.92 Å². The van der Waals surface area contributed by atoms with Crippen LogP contribution < -0.4 is 15.4 Å². The van der Waals surface area contributed by atoms with Gasteiger partial charge in [-0.15, -0.1) is 11.3 Å². The van der Waals surface area contributed by atoms with Crippen LogP contribution in [0.25, 0.3) is 0 Å². The van der Waals surface area contributed by atoms with Gasteiger partial charge in [-0.25, -0.2) is 4.98 Å². The van der Waals surface area contributed by atoms with Gasteiger partial charge in [-0.2, -0.15) is 0 Å². The van der Waals surface area contributed by atoms with Gasteiger partial charge in [-0.3, -0.25) is 14.9 Å². The average Bonchev–Trinajstić information content (AvgIpc) is 3.16. The standard InChI is InChI=1S/C19H17N3O3S/c1-2-25-16-5-3-4-14(12-16)18(24)21-15-8-6-13(7-9-15)17(23)22-19-20-10-11-26-19/h3-12H,2H2,1H3,(H,21,24)(H,20,22,23). The van der Waals surface area contributed by atoms with Crippen molar-refractivity contribution in [3.8, 4) is 5.75 Å². The Balaban J connectivity index is 1.64. The Morgan fingerprint density at radius 2 is 1.81 bits per heavy atom. The number of benzene rings is 2. The van der Waals surface area contributed by atoms with Crippen molar-refractivity contribution >= 4 is 34.0 Å². The average molecular weight is 367 g/mol. The molecular formula is C19H17N3O3S. The molecule has 2 aromatic carbocycles. The highest BCUT2D eigenvalue weighted by Gasteiger charge is 2.10. The number of rotatable bonds is 6. The van der Waals surface area contributed by atoms with Crippen LogP contribution in [0.3, 0.4) is 0 Å². The highest BCUT2D eigenvalue weighted by molar-refractivity contribution is 7.13. The van der Waals surface area contributed by atoms with Gasteiger partial charge in [0.25, 0.3) is 11.8 Å². The summed E-state index contributed by atoms with van der Waals surface area (Å²) < 4.78 is 5.40. The summed E-state index contributed by atoms with van der Waals surface area (Å²) in [4.78, 5) is 28.5. The molecule has 0 bridgehead atoms. The van der Waals surface area contributed by atoms with E-state index in [2.05, 4.69) is 15.6 Å². The molecule has 0 saturated carbocycles. The Hall–Kier alpha value is -3.19. The number of carbonyl (C=O) groups excluding carboxylic acids is 2. The minimum absolute atomic E-state index is 0.244. The lowest BCUT2D eigenvalue weighted by molar-refractivity contribution is 0.101. The third-order valence-electron chi connectivity index (χ3n) is 3.46. The smallest absolute Gasteiger partial charge is 0.257 e. The van der Waals surface area contributed by atoms with Crippen molar-refractivity contribution in [1.29, 1.82) is 0 Å². The topological polar surface area (TPSA) is 80.3 Å². The predicted molar refractivity (Wildman–Crippen MR) is 102 cm³/mol. The number of nitrogens with zero attached hydrogens (tertiary/aromatic N) is 1. The van der Waals surface area contributed by atoms with Crippen LogP contribution >= 0.6 is 11.3 Å². The number of anilines is 2. The van der Waals surface area contributed by atoms with Crippen molar-refractivity contribution in [2.75, 3.05) is 17.2 Å². The molecule has 3 rings (SSSR count). The predicted octanol–water partition coefficient (Wildman–Crippen LogP) is 4.05. The Morgan fingerprint density at radius 3 is 2.50 bits per heavy atom. The fourth-order valence-corrected chi connectivity index (χ4v) is 2.78. The van der Waals surface area contributed by atoms with E-state index >= 15 is 0 Å². The summed E-state index contributed by atoms with van der Waals surface area (Å²) in [5, 5.41) is 7.84. The molecule has 0 atom stereocenters. The summed E-state index contributed by atoms with van der Waals surface area (Å²) in [6.07, 6.45) is 1.62. The molecule has 1 heterocycles. The Kier molecular flexibility index (Phi) is 5.60. The number of ether oxygens (including phenoxy) is 1. The van der Waals surface area contributed by atoms with E-state index in [-0.39, 0.29) is 11.8 Å². The summed E-state index contributed by atoms with van der Waals surface area (Å²) in [6, 6.07) is 13.6. The first kappa shape index (κ1) is 17.6. The molecule has 1 aromatic heterocycles. The molecule has 7 heteroatoms. The lowest BCUT2D eigenvalue weighted by atomic mass is 10.1. The number of thiazole rings is 1. The minimum atomic E-state index is -0.248. The van der Waals surface area contributed by atoms with E-state index < -0.39 is 0 Å². The van der Waals surface area contributed by atoms with Crippen LogP contribution in [0.15, 0.2) is 60.1 Å². The quantitative estimate of drug-likeness (QED) is 0.689. The molecule has 0 saturated heterocycles. The van der Waals surface area contributed by atoms with Crippen LogP contribution in [0, 0.1) is 0 Å². The van der Waals surface area contributed by atoms with Crippen molar-refractivity contribution in [3.63, 3.8) is 0 Å². The fraction of sp³-hybridized carbons (Fsp3) is 0.105. The summed E-state index contributed by atoms with van der Waals surface area (Å²) in [6.45, 7) is 2.43. The maximum atomic E-state index is 12.3. The van der Waals surface area contributed by atoms with Crippen LogP contribution in [0.2, 0.25) is 0 Å². The molecule has 0 spiro atoms. The van der Waals surface area contributed by atoms with Crippen molar-refractivity contribution in [1.82, 2.24) is 4.98 Å². The molecular weight excluding hydrogens is 350 g/mol. The van der Waals surface area contributed by atoms with Crippen LogP contribution in [0.1, 0.15) is 27.6 Å². The number of amides is 2. The normalized spacial score (nSPS) is 10.2. The molecule has 26 heavy (non-hydrogen) atoms. The van der Waals surface area contributed by atoms with E-state index in [1.54, 1.807) is 60.1 Å². The van der Waals surface area contributed by atoms with Crippen LogP contribution in [-0.4, -0.2) is 23.4 Å². The van der Waals surface area contributed by atoms with Crippen LogP contribution in [0.4, 0.5) is 10.8 Å². The van der Waals surface area contributed by atoms with Gasteiger partial charge in [-0.05, 0) is 49.4 Å². The van der Waals surface area contributed by atoms with E-state index in [1.165, 1.54) is 11.3 Å². The number of hydrogen-bond donors (Lipinski definition) is 2. The maximum absolute atomic E-state index is 12.3. The van der Waals surface area contributed by atoms with Crippen molar-refractivity contribution < 1.29 is 14.3 Å². The summed E-state index contributed by atoms with van der Waals surface area (Å²) >= 11 is 1.35. The lowest BCUT2D eigenvalue weighted by Gasteiger charge is -2.08. The molecule has 0 radical (unpaired) electrons. The van der Waals surface area contributed by atoms with E-state index in [1.807, 2.05) is 6.92 Å². The van der Waals surface area contributed by atoms with Gasteiger partial charge < -0.3 is 10.1 Å². The monoisotopic (exact) mass is 367 g/mol. The first-order valence-corrected chi connectivity index (χ1v) is 8.89. The number of carbonyl (C=O) groups is 2. The molecule has 6 nitrogen and oxygen atoms in total. The number of nitrogens with one attached hydrogen (secondary N) is 2. The van der Waals surface area contributed by atoms with Crippen LogP contribution in [-0.2, 0) is 0 Å². The largest absolute Gasteiger partial charge is 0.494 e. The van der Waals surface area contributed by atoms with E-state index in [4.69, 9.17) is 4.74 Å². The van der Waals surface area contributed by atoms with Crippen molar-refractivity contribution in [3.05, 3.63) is 71.2 Å². The van der Waals surface area contributed by atoms with Crippen molar-refractivity contribution in [2.24, 2.45) is 0 Å². The molecule has 0 unspecified atom stereocenters. The summed E-state index contributed by atoms with van der Waals surface area (Å²) in [7, 11) is 0. The van der Waals surface area contributed by atoms with Gasteiger partial charge >= 0.3 is 0 Å². The zero-order valence-corrected chi connectivity index (χ0v) is 14.9. The van der Waals surface area contributed by atoms with E-state index in [0.717, 1.165) is 0 Å². The number of aromatic nitrogens is 1. The zero-order valence-electron chi connectivity index (χ0n) is 14.1. The molecule has 0 aliphatic rings. The molecule has 3 aromatic rings. The first-order valence-electron chi connectivity index (χ1n) is 8.01. The van der Waals surface area contributed by atoms with E-state index in [0.29, 0.717) is 34.3 Å². The summed E-state index contributed by atoms with van der Waals surface area (Å²) in [5.41, 5.74) is 1.58. The van der Waals surface area contributed by atoms with Gasteiger partial charge in [0, 0.05) is 28.4 Å². The molecule has 2 N–H and O–H groups in total. The maximum Gasteiger partial charge on any atom is 0.257 e. The van der Waals surface area contributed by atoms with Gasteiger partial charge in [-0.1, -0.05) is 6.07 Å². The first-order chi connectivity index (χ1) is 12.7.